The Labute approximate surface area is 206 Å². The highest BCUT2D eigenvalue weighted by molar-refractivity contribution is 7.89. The van der Waals surface area contributed by atoms with E-state index in [4.69, 9.17) is 0 Å². The first-order valence-electron chi connectivity index (χ1n) is 10.5. The van der Waals surface area contributed by atoms with Gasteiger partial charge in [-0.15, -0.1) is 11.3 Å². The molecule has 1 aliphatic rings. The van der Waals surface area contributed by atoms with Crippen LogP contribution in [-0.2, 0) is 21.7 Å². The number of benzene rings is 1. The normalized spacial score (nSPS) is 16.0. The van der Waals surface area contributed by atoms with Crippen LogP contribution in [0, 0.1) is 6.92 Å². The van der Waals surface area contributed by atoms with Gasteiger partial charge in [-0.1, -0.05) is 6.07 Å². The number of hydrogen-bond donors (Lipinski definition) is 2. The average molecular weight is 552 g/mol. The van der Waals surface area contributed by atoms with Gasteiger partial charge in [-0.05, 0) is 55.5 Å². The first kappa shape index (κ1) is 26.3. The van der Waals surface area contributed by atoms with Crippen LogP contribution in [-0.4, -0.2) is 35.3 Å². The second-order valence-electron chi connectivity index (χ2n) is 8.42. The molecule has 1 saturated carbocycles. The fourth-order valence-corrected chi connectivity index (χ4v) is 6.34. The molecule has 0 atom stereocenters. The van der Waals surface area contributed by atoms with Gasteiger partial charge < -0.3 is 5.32 Å². The Balaban J connectivity index is 1.59. The van der Waals surface area contributed by atoms with Gasteiger partial charge in [0.25, 0.3) is 0 Å². The summed E-state index contributed by atoms with van der Waals surface area (Å²) in [5, 5.41) is 3.08. The van der Waals surface area contributed by atoms with Crippen molar-refractivity contribution in [1.82, 2.24) is 19.7 Å². The van der Waals surface area contributed by atoms with Crippen molar-refractivity contribution in [3.8, 4) is 10.4 Å². The van der Waals surface area contributed by atoms with Crippen LogP contribution < -0.4 is 10.0 Å². The highest BCUT2D eigenvalue weighted by atomic mass is 32.2. The summed E-state index contributed by atoms with van der Waals surface area (Å²) in [6.07, 6.45) is -5.79. The van der Waals surface area contributed by atoms with Crippen LogP contribution in [0.5, 0.6) is 0 Å². The molecule has 0 radical (unpaired) electrons. The Morgan fingerprint density at radius 2 is 1.81 bits per heavy atom. The molecule has 3 aromatic rings. The Hall–Kier alpha value is -2.78. The molecule has 0 unspecified atom stereocenters. The minimum atomic E-state index is -4.88. The number of rotatable bonds is 7. The molecule has 15 heteroatoms. The average Bonchev–Trinajstić information content (AvgIpc) is 3.19. The van der Waals surface area contributed by atoms with Crippen molar-refractivity contribution in [3.05, 3.63) is 52.9 Å². The number of anilines is 2. The second kappa shape index (κ2) is 9.27. The number of aromatic nitrogens is 3. The zero-order valence-corrected chi connectivity index (χ0v) is 20.2. The fraction of sp³-hybridized carbons (Fsp3) is 0.381. The van der Waals surface area contributed by atoms with E-state index in [1.165, 1.54) is 6.20 Å². The van der Waals surface area contributed by atoms with Crippen LogP contribution in [0.25, 0.3) is 10.4 Å². The van der Waals surface area contributed by atoms with E-state index >= 15 is 0 Å². The minimum Gasteiger partial charge on any atom is -0.324 e. The monoisotopic (exact) mass is 551 g/mol. The highest BCUT2D eigenvalue weighted by Gasteiger charge is 2.47. The fourth-order valence-electron chi connectivity index (χ4n) is 3.77. The van der Waals surface area contributed by atoms with E-state index in [9.17, 15) is 34.8 Å². The van der Waals surface area contributed by atoms with E-state index in [-0.39, 0.29) is 5.95 Å². The molecule has 7 nitrogen and oxygen atoms in total. The van der Waals surface area contributed by atoms with Crippen molar-refractivity contribution in [2.75, 3.05) is 11.1 Å². The predicted molar refractivity (Wildman–Crippen MR) is 121 cm³/mol. The molecule has 1 fully saturated rings. The van der Waals surface area contributed by atoms with E-state index < -0.39 is 39.4 Å². The quantitative estimate of drug-likeness (QED) is 0.375. The summed E-state index contributed by atoms with van der Waals surface area (Å²) >= 11 is 1.13. The van der Waals surface area contributed by atoms with Crippen LogP contribution in [0.2, 0.25) is 0 Å². The summed E-state index contributed by atoms with van der Waals surface area (Å²) in [5.41, 5.74) is -0.520. The van der Waals surface area contributed by atoms with Gasteiger partial charge in [0.05, 0.1) is 10.4 Å². The van der Waals surface area contributed by atoms with Crippen LogP contribution in [0.1, 0.15) is 35.5 Å². The molecular formula is C21H19F6N5O2S2. The number of sulfonamides is 1. The van der Waals surface area contributed by atoms with Gasteiger partial charge in [-0.2, -0.15) is 26.3 Å². The van der Waals surface area contributed by atoms with E-state index in [0.717, 1.165) is 29.2 Å². The van der Waals surface area contributed by atoms with Crippen LogP contribution >= 0.6 is 11.3 Å². The summed E-state index contributed by atoms with van der Waals surface area (Å²) in [4.78, 5) is 12.2. The molecule has 194 valence electrons. The van der Waals surface area contributed by atoms with E-state index in [1.807, 2.05) is 0 Å². The molecule has 36 heavy (non-hydrogen) atoms. The summed E-state index contributed by atoms with van der Waals surface area (Å²) in [6.45, 7) is 1.77. The molecule has 0 amide bonds. The van der Waals surface area contributed by atoms with Gasteiger partial charge in [0.1, 0.15) is 10.7 Å². The predicted octanol–water partition coefficient (Wildman–Crippen LogP) is 5.53. The number of thiazole rings is 1. The van der Waals surface area contributed by atoms with Gasteiger partial charge in [0.2, 0.25) is 16.0 Å². The Morgan fingerprint density at radius 1 is 1.08 bits per heavy atom. The highest BCUT2D eigenvalue weighted by Crippen LogP contribution is 2.45. The summed E-state index contributed by atoms with van der Waals surface area (Å²) in [7, 11) is -4.64. The maximum atomic E-state index is 13.0. The smallest absolute Gasteiger partial charge is 0.324 e. The zero-order valence-electron chi connectivity index (χ0n) is 18.5. The van der Waals surface area contributed by atoms with Crippen molar-refractivity contribution in [3.63, 3.8) is 0 Å². The van der Waals surface area contributed by atoms with E-state index in [0.29, 0.717) is 40.4 Å². The molecular weight excluding hydrogens is 532 g/mol. The standard InChI is InChI=1S/C21H19F6N5O2S2/c1-12-7-13(9-14(8-12)30-18-28-6-3-16(31-18)21(25,26)27)15-10-29-17(35-15)19(4-2-5-19)32-36(33,34)11-20(22,23)24/h3,6-10,32H,2,4-5,11H2,1H3,(H,28,30,31). The molecule has 0 bridgehead atoms. The molecule has 0 spiro atoms. The van der Waals surface area contributed by atoms with Crippen LogP contribution in [0.15, 0.2) is 36.7 Å². The van der Waals surface area contributed by atoms with E-state index in [2.05, 4.69) is 25.0 Å². The van der Waals surface area contributed by atoms with Crippen LogP contribution in [0.3, 0.4) is 0 Å². The third kappa shape index (κ3) is 6.13. The molecule has 4 rings (SSSR count). The lowest BCUT2D eigenvalue weighted by Gasteiger charge is -2.40. The van der Waals surface area contributed by atoms with Crippen molar-refractivity contribution in [2.45, 2.75) is 44.1 Å². The summed E-state index contributed by atoms with van der Waals surface area (Å²) in [6, 6.07) is 5.85. The van der Waals surface area contributed by atoms with Gasteiger partial charge in [0, 0.05) is 18.1 Å². The third-order valence-electron chi connectivity index (χ3n) is 5.39. The maximum absolute atomic E-state index is 13.0. The van der Waals surface area contributed by atoms with Gasteiger partial charge >= 0.3 is 12.4 Å². The molecule has 2 aromatic heterocycles. The molecule has 2 heterocycles. The van der Waals surface area contributed by atoms with E-state index in [1.54, 1.807) is 25.1 Å². The summed E-state index contributed by atoms with van der Waals surface area (Å²) < 4.78 is 103. The second-order valence-corrected chi connectivity index (χ2v) is 11.2. The topological polar surface area (TPSA) is 96.9 Å². The van der Waals surface area contributed by atoms with Crippen molar-refractivity contribution in [1.29, 1.82) is 0 Å². The SMILES string of the molecule is Cc1cc(Nc2nccc(C(F)(F)F)n2)cc(-c2cnc(C3(NS(=O)(=O)CC(F)(F)F)CCC3)s2)c1. The lowest BCUT2D eigenvalue weighted by molar-refractivity contribution is -0.141. The number of aryl methyl sites for hydroxylation is 1. The minimum absolute atomic E-state index is 0.251. The Morgan fingerprint density at radius 3 is 2.42 bits per heavy atom. The number of alkyl halides is 6. The first-order valence-corrected chi connectivity index (χ1v) is 13.0. The Kier molecular flexibility index (Phi) is 6.77. The lowest BCUT2D eigenvalue weighted by Crippen LogP contribution is -2.52. The number of halogens is 6. The molecule has 1 aromatic carbocycles. The van der Waals surface area contributed by atoms with Crippen molar-refractivity contribution < 1.29 is 34.8 Å². The van der Waals surface area contributed by atoms with Crippen molar-refractivity contribution in [2.24, 2.45) is 0 Å². The summed E-state index contributed by atoms with van der Waals surface area (Å²) in [5.74, 6) is -2.23. The number of nitrogens with one attached hydrogen (secondary N) is 2. The molecule has 0 saturated heterocycles. The van der Waals surface area contributed by atoms with Crippen molar-refractivity contribution >= 4 is 33.0 Å². The zero-order chi connectivity index (χ0) is 26.4. The third-order valence-corrected chi connectivity index (χ3v) is 8.05. The molecule has 2 N–H and O–H groups in total. The maximum Gasteiger partial charge on any atom is 0.433 e. The lowest BCUT2D eigenvalue weighted by atomic mass is 9.78. The number of nitrogens with zero attached hydrogens (tertiary/aromatic N) is 3. The molecule has 1 aliphatic carbocycles. The van der Waals surface area contributed by atoms with Gasteiger partial charge in [-0.3, -0.25) is 0 Å². The Bertz CT molecular complexity index is 1370. The van der Waals surface area contributed by atoms with Gasteiger partial charge in [-0.25, -0.2) is 28.1 Å². The van der Waals surface area contributed by atoms with Gasteiger partial charge in [0.15, 0.2) is 5.75 Å². The molecule has 0 aliphatic heterocycles. The first-order chi connectivity index (χ1) is 16.6. The largest absolute Gasteiger partial charge is 0.433 e. The number of hydrogen-bond acceptors (Lipinski definition) is 7. The van der Waals surface area contributed by atoms with Crippen LogP contribution in [0.4, 0.5) is 38.0 Å².